The van der Waals surface area contributed by atoms with Crippen molar-refractivity contribution in [3.63, 3.8) is 0 Å². The molecule has 0 aromatic heterocycles. The lowest BCUT2D eigenvalue weighted by Gasteiger charge is -2.13. The van der Waals surface area contributed by atoms with Gasteiger partial charge in [-0.3, -0.25) is 4.79 Å². The average molecular weight is 226 g/mol. The van der Waals surface area contributed by atoms with Gasteiger partial charge in [-0.1, -0.05) is 6.07 Å². The quantitative estimate of drug-likeness (QED) is 0.804. The Balaban J connectivity index is 2.84. The van der Waals surface area contributed by atoms with E-state index < -0.39 is 5.82 Å². The molecule has 0 bridgehead atoms. The van der Waals surface area contributed by atoms with Crippen LogP contribution in [0, 0.1) is 5.82 Å². The molecule has 16 heavy (non-hydrogen) atoms. The highest BCUT2D eigenvalue weighted by Crippen LogP contribution is 2.24. The first-order valence-corrected chi connectivity index (χ1v) is 4.93. The summed E-state index contributed by atoms with van der Waals surface area (Å²) in [5.74, 6) is -0.394. The molecule has 1 amide bonds. The van der Waals surface area contributed by atoms with E-state index in [0.29, 0.717) is 11.3 Å². The summed E-state index contributed by atoms with van der Waals surface area (Å²) in [5.41, 5.74) is 6.37. The van der Waals surface area contributed by atoms with Gasteiger partial charge in [-0.05, 0) is 13.0 Å². The fourth-order valence-corrected chi connectivity index (χ4v) is 1.22. The molecule has 1 aromatic carbocycles. The van der Waals surface area contributed by atoms with Gasteiger partial charge in [0.15, 0.2) is 6.61 Å². The Labute approximate surface area is 93.6 Å². The molecule has 0 saturated carbocycles. The molecule has 3 N–H and O–H groups in total. The summed E-state index contributed by atoms with van der Waals surface area (Å²) in [7, 11) is 1.50. The van der Waals surface area contributed by atoms with Crippen LogP contribution in [0.15, 0.2) is 18.2 Å². The van der Waals surface area contributed by atoms with E-state index in [4.69, 9.17) is 10.5 Å². The van der Waals surface area contributed by atoms with Gasteiger partial charge in [0.05, 0.1) is 0 Å². The van der Waals surface area contributed by atoms with Gasteiger partial charge in [0.2, 0.25) is 0 Å². The van der Waals surface area contributed by atoms with E-state index in [-0.39, 0.29) is 18.6 Å². The van der Waals surface area contributed by atoms with Gasteiger partial charge in [-0.15, -0.1) is 0 Å². The maximum atomic E-state index is 13.0. The van der Waals surface area contributed by atoms with Crippen molar-refractivity contribution in [3.8, 4) is 5.75 Å². The first-order valence-electron chi connectivity index (χ1n) is 4.93. The Morgan fingerprint density at radius 3 is 2.88 bits per heavy atom. The molecule has 4 nitrogen and oxygen atoms in total. The second-order valence-corrected chi connectivity index (χ2v) is 3.43. The highest BCUT2D eigenvalue weighted by molar-refractivity contribution is 5.77. The molecule has 0 saturated heterocycles. The SMILES string of the molecule is CNC(=O)COc1cc(F)ccc1[C@H](C)N. The fraction of sp³-hybridized carbons (Fsp3) is 0.364. The number of hydrogen-bond acceptors (Lipinski definition) is 3. The van der Waals surface area contributed by atoms with E-state index in [1.165, 1.54) is 19.2 Å². The van der Waals surface area contributed by atoms with Crippen molar-refractivity contribution in [3.05, 3.63) is 29.6 Å². The number of nitrogens with two attached hydrogens (primary N) is 1. The van der Waals surface area contributed by atoms with Crippen molar-refractivity contribution in [2.75, 3.05) is 13.7 Å². The van der Waals surface area contributed by atoms with Crippen LogP contribution in [-0.4, -0.2) is 19.6 Å². The van der Waals surface area contributed by atoms with E-state index in [0.717, 1.165) is 0 Å². The summed E-state index contributed by atoms with van der Waals surface area (Å²) in [5, 5.41) is 2.41. The lowest BCUT2D eigenvalue weighted by atomic mass is 10.1. The maximum Gasteiger partial charge on any atom is 0.257 e. The molecule has 0 aliphatic heterocycles. The average Bonchev–Trinajstić information content (AvgIpc) is 2.25. The maximum absolute atomic E-state index is 13.0. The number of amides is 1. The molecule has 0 aliphatic carbocycles. The van der Waals surface area contributed by atoms with Crippen molar-refractivity contribution < 1.29 is 13.9 Å². The normalized spacial score (nSPS) is 12.0. The van der Waals surface area contributed by atoms with E-state index in [2.05, 4.69) is 5.32 Å². The van der Waals surface area contributed by atoms with Crippen molar-refractivity contribution in [2.45, 2.75) is 13.0 Å². The number of benzene rings is 1. The third kappa shape index (κ3) is 3.20. The molecule has 0 aliphatic rings. The zero-order chi connectivity index (χ0) is 12.1. The lowest BCUT2D eigenvalue weighted by Crippen LogP contribution is -2.25. The standard InChI is InChI=1S/C11H15FN2O2/c1-7(13)9-4-3-8(12)5-10(9)16-6-11(15)14-2/h3-5,7H,6,13H2,1-2H3,(H,14,15)/t7-/m0/s1. The van der Waals surface area contributed by atoms with Crippen molar-refractivity contribution in [2.24, 2.45) is 5.73 Å². The highest BCUT2D eigenvalue weighted by atomic mass is 19.1. The Morgan fingerprint density at radius 2 is 2.31 bits per heavy atom. The van der Waals surface area contributed by atoms with Crippen LogP contribution in [0.4, 0.5) is 4.39 Å². The predicted octanol–water partition coefficient (Wildman–Crippen LogP) is 0.970. The smallest absolute Gasteiger partial charge is 0.257 e. The molecule has 0 spiro atoms. The number of ether oxygens (including phenoxy) is 1. The van der Waals surface area contributed by atoms with Gasteiger partial charge in [-0.25, -0.2) is 4.39 Å². The van der Waals surface area contributed by atoms with Crippen LogP contribution < -0.4 is 15.8 Å². The molecular weight excluding hydrogens is 211 g/mol. The molecule has 0 fully saturated rings. The minimum Gasteiger partial charge on any atom is -0.483 e. The summed E-state index contributed by atoms with van der Waals surface area (Å²) < 4.78 is 18.2. The molecular formula is C11H15FN2O2. The zero-order valence-corrected chi connectivity index (χ0v) is 9.29. The first kappa shape index (κ1) is 12.4. The van der Waals surface area contributed by atoms with Gasteiger partial charge in [0, 0.05) is 24.7 Å². The monoisotopic (exact) mass is 226 g/mol. The van der Waals surface area contributed by atoms with E-state index in [9.17, 15) is 9.18 Å². The van der Waals surface area contributed by atoms with Crippen molar-refractivity contribution in [1.82, 2.24) is 5.32 Å². The number of likely N-dealkylation sites (N-methyl/N-ethyl adjacent to an activating group) is 1. The van der Waals surface area contributed by atoms with Crippen LogP contribution in [0.5, 0.6) is 5.75 Å². The van der Waals surface area contributed by atoms with Crippen LogP contribution in [0.25, 0.3) is 0 Å². The van der Waals surface area contributed by atoms with Gasteiger partial charge >= 0.3 is 0 Å². The Bertz CT molecular complexity index is 380. The second kappa shape index (κ2) is 5.46. The number of carbonyl (C=O) groups is 1. The predicted molar refractivity (Wildman–Crippen MR) is 58.6 cm³/mol. The summed E-state index contributed by atoms with van der Waals surface area (Å²) in [6.45, 7) is 1.61. The minimum absolute atomic E-state index is 0.153. The van der Waals surface area contributed by atoms with Crippen LogP contribution >= 0.6 is 0 Å². The summed E-state index contributed by atoms with van der Waals surface area (Å²) in [6.07, 6.45) is 0. The number of carbonyl (C=O) groups excluding carboxylic acids is 1. The largest absolute Gasteiger partial charge is 0.483 e. The number of halogens is 1. The van der Waals surface area contributed by atoms with Gasteiger partial charge in [0.25, 0.3) is 5.91 Å². The third-order valence-corrected chi connectivity index (χ3v) is 2.10. The summed E-state index contributed by atoms with van der Waals surface area (Å²) in [6, 6.07) is 3.81. The highest BCUT2D eigenvalue weighted by Gasteiger charge is 2.10. The molecule has 0 heterocycles. The molecule has 0 radical (unpaired) electrons. The van der Waals surface area contributed by atoms with E-state index in [1.54, 1.807) is 13.0 Å². The lowest BCUT2D eigenvalue weighted by molar-refractivity contribution is -0.122. The van der Waals surface area contributed by atoms with Gasteiger partial charge in [-0.2, -0.15) is 0 Å². The Hall–Kier alpha value is -1.62. The number of nitrogens with one attached hydrogen (secondary N) is 1. The summed E-state index contributed by atoms with van der Waals surface area (Å²) >= 11 is 0. The molecule has 5 heteroatoms. The Kier molecular flexibility index (Phi) is 4.25. The number of hydrogen-bond donors (Lipinski definition) is 2. The summed E-state index contributed by atoms with van der Waals surface area (Å²) in [4.78, 5) is 11.0. The topological polar surface area (TPSA) is 64.3 Å². The van der Waals surface area contributed by atoms with Gasteiger partial charge in [0.1, 0.15) is 11.6 Å². The van der Waals surface area contributed by atoms with Crippen LogP contribution in [0.3, 0.4) is 0 Å². The van der Waals surface area contributed by atoms with Crippen LogP contribution in [-0.2, 0) is 4.79 Å². The third-order valence-electron chi connectivity index (χ3n) is 2.10. The first-order chi connectivity index (χ1) is 7.54. The van der Waals surface area contributed by atoms with Crippen molar-refractivity contribution in [1.29, 1.82) is 0 Å². The zero-order valence-electron chi connectivity index (χ0n) is 9.29. The second-order valence-electron chi connectivity index (χ2n) is 3.43. The van der Waals surface area contributed by atoms with Crippen LogP contribution in [0.2, 0.25) is 0 Å². The van der Waals surface area contributed by atoms with Gasteiger partial charge < -0.3 is 15.8 Å². The van der Waals surface area contributed by atoms with Crippen molar-refractivity contribution >= 4 is 5.91 Å². The van der Waals surface area contributed by atoms with E-state index in [1.807, 2.05) is 0 Å². The molecule has 1 atom stereocenters. The molecule has 0 unspecified atom stereocenters. The minimum atomic E-state index is -0.420. The van der Waals surface area contributed by atoms with E-state index >= 15 is 0 Å². The van der Waals surface area contributed by atoms with Crippen LogP contribution in [0.1, 0.15) is 18.5 Å². The number of rotatable bonds is 4. The fourth-order valence-electron chi connectivity index (χ4n) is 1.22. The molecule has 1 rings (SSSR count). The molecule has 1 aromatic rings. The molecule has 88 valence electrons. The Morgan fingerprint density at radius 1 is 1.62 bits per heavy atom.